The first-order chi connectivity index (χ1) is 5.65. The average Bonchev–Trinajstić information content (AvgIpc) is 2.05. The van der Waals surface area contributed by atoms with Crippen molar-refractivity contribution >= 4 is 5.91 Å². The summed E-state index contributed by atoms with van der Waals surface area (Å²) in [5.74, 6) is -0.111. The van der Waals surface area contributed by atoms with Crippen molar-refractivity contribution in [2.45, 2.75) is 6.92 Å². The van der Waals surface area contributed by atoms with E-state index in [-0.39, 0.29) is 5.69 Å². The van der Waals surface area contributed by atoms with Crippen LogP contribution >= 0.6 is 0 Å². The number of nitrogens with zero attached hydrogens (tertiary/aromatic N) is 1. The van der Waals surface area contributed by atoms with Gasteiger partial charge in [-0.2, -0.15) is 0 Å². The van der Waals surface area contributed by atoms with Crippen LogP contribution in [-0.2, 0) is 0 Å². The van der Waals surface area contributed by atoms with Crippen LogP contribution in [0.15, 0.2) is 12.1 Å². The molecule has 64 valence electrons. The second-order valence-corrected chi connectivity index (χ2v) is 2.39. The Kier molecular flexibility index (Phi) is 2.28. The van der Waals surface area contributed by atoms with E-state index in [0.29, 0.717) is 5.88 Å². The maximum atomic E-state index is 10.7. The Morgan fingerprint density at radius 3 is 2.75 bits per heavy atom. The maximum absolute atomic E-state index is 10.7. The minimum absolute atomic E-state index is 0.220. The zero-order valence-corrected chi connectivity index (χ0v) is 7.00. The van der Waals surface area contributed by atoms with E-state index in [2.05, 4.69) is 4.98 Å². The largest absolute Gasteiger partial charge is 0.481 e. The Labute approximate surface area is 70.4 Å². The number of hydrogen-bond acceptors (Lipinski definition) is 3. The third kappa shape index (κ3) is 1.53. The minimum atomic E-state index is -0.548. The van der Waals surface area contributed by atoms with Gasteiger partial charge in [-0.15, -0.1) is 0 Å². The van der Waals surface area contributed by atoms with Gasteiger partial charge in [-0.1, -0.05) is 6.07 Å². The van der Waals surface area contributed by atoms with Gasteiger partial charge in [-0.05, 0) is 13.0 Å². The molecule has 0 aliphatic rings. The zero-order chi connectivity index (χ0) is 9.14. The molecule has 0 aliphatic heterocycles. The fourth-order valence-electron chi connectivity index (χ4n) is 0.854. The number of aryl methyl sites for hydroxylation is 1. The molecule has 0 saturated heterocycles. The van der Waals surface area contributed by atoms with Crippen LogP contribution in [0.25, 0.3) is 0 Å². The van der Waals surface area contributed by atoms with Gasteiger partial charge in [0, 0.05) is 5.56 Å². The molecule has 4 nitrogen and oxygen atoms in total. The SMILES string of the molecule is COc1nc(C(N)=O)ccc1C. The molecule has 0 unspecified atom stereocenters. The van der Waals surface area contributed by atoms with E-state index in [1.54, 1.807) is 12.1 Å². The van der Waals surface area contributed by atoms with Crippen LogP contribution in [0.5, 0.6) is 5.88 Å². The summed E-state index contributed by atoms with van der Waals surface area (Å²) in [5.41, 5.74) is 6.13. The highest BCUT2D eigenvalue weighted by molar-refractivity contribution is 5.90. The molecule has 1 amide bonds. The number of methoxy groups -OCH3 is 1. The molecule has 0 radical (unpaired) electrons. The van der Waals surface area contributed by atoms with Crippen molar-refractivity contribution < 1.29 is 9.53 Å². The van der Waals surface area contributed by atoms with Crippen molar-refractivity contribution in [1.82, 2.24) is 4.98 Å². The van der Waals surface area contributed by atoms with Crippen LogP contribution in [0.3, 0.4) is 0 Å². The first kappa shape index (κ1) is 8.52. The molecule has 1 aromatic heterocycles. The lowest BCUT2D eigenvalue weighted by Crippen LogP contribution is -2.13. The summed E-state index contributed by atoms with van der Waals surface area (Å²) in [6.45, 7) is 1.84. The Balaban J connectivity index is 3.13. The summed E-state index contributed by atoms with van der Waals surface area (Å²) in [5, 5.41) is 0. The molecule has 0 spiro atoms. The molecule has 1 aromatic rings. The predicted octanol–water partition coefficient (Wildman–Crippen LogP) is 0.498. The molecule has 0 aliphatic carbocycles. The summed E-state index contributed by atoms with van der Waals surface area (Å²) < 4.78 is 4.92. The first-order valence-corrected chi connectivity index (χ1v) is 3.46. The van der Waals surface area contributed by atoms with Gasteiger partial charge < -0.3 is 10.5 Å². The Morgan fingerprint density at radius 1 is 1.58 bits per heavy atom. The molecule has 0 fully saturated rings. The average molecular weight is 166 g/mol. The number of rotatable bonds is 2. The van der Waals surface area contributed by atoms with Gasteiger partial charge in [0.2, 0.25) is 5.88 Å². The van der Waals surface area contributed by atoms with Gasteiger partial charge in [0.05, 0.1) is 7.11 Å². The van der Waals surface area contributed by atoms with Crippen molar-refractivity contribution in [3.63, 3.8) is 0 Å². The topological polar surface area (TPSA) is 65.2 Å². The van der Waals surface area contributed by atoms with Crippen molar-refractivity contribution in [2.75, 3.05) is 7.11 Å². The maximum Gasteiger partial charge on any atom is 0.267 e. The molecular weight excluding hydrogens is 156 g/mol. The molecule has 12 heavy (non-hydrogen) atoms. The number of pyridine rings is 1. The molecule has 0 saturated carbocycles. The van der Waals surface area contributed by atoms with E-state index in [1.165, 1.54) is 7.11 Å². The van der Waals surface area contributed by atoms with Gasteiger partial charge in [0.25, 0.3) is 5.91 Å². The Morgan fingerprint density at radius 2 is 2.25 bits per heavy atom. The standard InChI is InChI=1S/C8H10N2O2/c1-5-3-4-6(7(9)11)10-8(5)12-2/h3-4H,1-2H3,(H2,9,11). The summed E-state index contributed by atoms with van der Waals surface area (Å²) in [7, 11) is 1.50. The molecule has 1 rings (SSSR count). The van der Waals surface area contributed by atoms with E-state index in [0.717, 1.165) is 5.56 Å². The highest BCUT2D eigenvalue weighted by atomic mass is 16.5. The monoisotopic (exact) mass is 166 g/mol. The highest BCUT2D eigenvalue weighted by Gasteiger charge is 2.05. The number of amides is 1. The fourth-order valence-corrected chi connectivity index (χ4v) is 0.854. The second kappa shape index (κ2) is 3.21. The lowest BCUT2D eigenvalue weighted by molar-refractivity contribution is 0.0994. The Bertz CT molecular complexity index is 310. The summed E-state index contributed by atoms with van der Waals surface area (Å²) in [6.07, 6.45) is 0. The van der Waals surface area contributed by atoms with E-state index in [9.17, 15) is 4.79 Å². The number of primary amides is 1. The van der Waals surface area contributed by atoms with Crippen molar-refractivity contribution in [2.24, 2.45) is 5.73 Å². The van der Waals surface area contributed by atoms with Crippen molar-refractivity contribution in [3.8, 4) is 5.88 Å². The second-order valence-electron chi connectivity index (χ2n) is 2.39. The van der Waals surface area contributed by atoms with Gasteiger partial charge in [-0.3, -0.25) is 4.79 Å². The van der Waals surface area contributed by atoms with E-state index in [1.807, 2.05) is 6.92 Å². The third-order valence-corrected chi connectivity index (χ3v) is 1.50. The fraction of sp³-hybridized carbons (Fsp3) is 0.250. The molecular formula is C8H10N2O2. The number of hydrogen-bond donors (Lipinski definition) is 1. The van der Waals surface area contributed by atoms with Gasteiger partial charge >= 0.3 is 0 Å². The van der Waals surface area contributed by atoms with Crippen LogP contribution in [0.1, 0.15) is 16.1 Å². The van der Waals surface area contributed by atoms with Gasteiger partial charge in [-0.25, -0.2) is 4.98 Å². The van der Waals surface area contributed by atoms with E-state index in [4.69, 9.17) is 10.5 Å². The number of nitrogens with two attached hydrogens (primary N) is 1. The number of aromatic nitrogens is 1. The molecule has 2 N–H and O–H groups in total. The zero-order valence-electron chi connectivity index (χ0n) is 7.00. The summed E-state index contributed by atoms with van der Waals surface area (Å²) in [6, 6.07) is 3.31. The van der Waals surface area contributed by atoms with Crippen molar-refractivity contribution in [1.29, 1.82) is 0 Å². The lowest BCUT2D eigenvalue weighted by Gasteiger charge is -2.03. The molecule has 0 aromatic carbocycles. The third-order valence-electron chi connectivity index (χ3n) is 1.50. The Hall–Kier alpha value is -1.58. The summed E-state index contributed by atoms with van der Waals surface area (Å²) >= 11 is 0. The molecule has 1 heterocycles. The molecule has 4 heteroatoms. The molecule has 0 atom stereocenters. The molecule has 0 bridgehead atoms. The summed E-state index contributed by atoms with van der Waals surface area (Å²) in [4.78, 5) is 14.6. The quantitative estimate of drug-likeness (QED) is 0.695. The van der Waals surface area contributed by atoms with Crippen LogP contribution < -0.4 is 10.5 Å². The van der Waals surface area contributed by atoms with E-state index < -0.39 is 5.91 Å². The van der Waals surface area contributed by atoms with Gasteiger partial charge in [0.1, 0.15) is 5.69 Å². The smallest absolute Gasteiger partial charge is 0.267 e. The van der Waals surface area contributed by atoms with Crippen molar-refractivity contribution in [3.05, 3.63) is 23.4 Å². The number of ether oxygens (including phenoxy) is 1. The predicted molar refractivity (Wildman–Crippen MR) is 44.0 cm³/mol. The van der Waals surface area contributed by atoms with E-state index >= 15 is 0 Å². The first-order valence-electron chi connectivity index (χ1n) is 3.46. The van der Waals surface area contributed by atoms with Crippen LogP contribution in [0, 0.1) is 6.92 Å². The minimum Gasteiger partial charge on any atom is -0.481 e. The van der Waals surface area contributed by atoms with Crippen LogP contribution in [0.4, 0.5) is 0 Å². The number of carbonyl (C=O) groups is 1. The van der Waals surface area contributed by atoms with Crippen LogP contribution in [0.2, 0.25) is 0 Å². The number of carbonyl (C=O) groups excluding carboxylic acids is 1. The highest BCUT2D eigenvalue weighted by Crippen LogP contribution is 2.13. The van der Waals surface area contributed by atoms with Crippen LogP contribution in [-0.4, -0.2) is 18.0 Å². The lowest BCUT2D eigenvalue weighted by atomic mass is 10.2. The van der Waals surface area contributed by atoms with Gasteiger partial charge in [0.15, 0.2) is 0 Å². The normalized spacial score (nSPS) is 9.50.